The minimum atomic E-state index is -0.532. The van der Waals surface area contributed by atoms with Crippen LogP contribution in [0.3, 0.4) is 0 Å². The normalized spacial score (nSPS) is 11.5. The molecule has 0 saturated heterocycles. The number of carbonyl (C=O) groups excluding carboxylic acids is 2. The molecule has 1 amide bonds. The zero-order valence-corrected chi connectivity index (χ0v) is 16.2. The van der Waals surface area contributed by atoms with Gasteiger partial charge >= 0.3 is 12.1 Å². The molecule has 2 rings (SSSR count). The molecule has 6 nitrogen and oxygen atoms in total. The number of rotatable bonds is 7. The quantitative estimate of drug-likeness (QED) is 0.664. The maximum absolute atomic E-state index is 11.9. The van der Waals surface area contributed by atoms with E-state index in [2.05, 4.69) is 26.6 Å². The third-order valence-electron chi connectivity index (χ3n) is 3.65. The molecule has 0 spiro atoms. The number of carbonyl (C=O) groups is 2. The molecular formula is C19H21BrN2O4. The fourth-order valence-electron chi connectivity index (χ4n) is 2.47. The van der Waals surface area contributed by atoms with E-state index in [1.807, 2.05) is 42.5 Å². The van der Waals surface area contributed by atoms with Crippen molar-refractivity contribution in [3.8, 4) is 0 Å². The Bertz CT molecular complexity index is 752. The summed E-state index contributed by atoms with van der Waals surface area (Å²) in [5, 5.41) is 5.94. The van der Waals surface area contributed by atoms with Crippen LogP contribution in [-0.4, -0.2) is 32.3 Å². The highest BCUT2D eigenvalue weighted by molar-refractivity contribution is 9.10. The molecule has 138 valence electrons. The number of anilines is 1. The lowest BCUT2D eigenvalue weighted by atomic mass is 9.97. The van der Waals surface area contributed by atoms with E-state index in [9.17, 15) is 9.59 Å². The molecule has 0 aliphatic carbocycles. The molecule has 26 heavy (non-hydrogen) atoms. The summed E-state index contributed by atoms with van der Waals surface area (Å²) in [5.74, 6) is -0.374. The lowest BCUT2D eigenvalue weighted by Gasteiger charge is -2.22. The summed E-state index contributed by atoms with van der Waals surface area (Å²) in [6, 6.07) is 14.8. The van der Waals surface area contributed by atoms with Crippen LogP contribution in [0, 0.1) is 0 Å². The topological polar surface area (TPSA) is 76.7 Å². The zero-order chi connectivity index (χ0) is 18.9. The Kier molecular flexibility index (Phi) is 7.62. The number of benzene rings is 2. The minimum absolute atomic E-state index is 0.0292. The van der Waals surface area contributed by atoms with Crippen molar-refractivity contribution in [1.82, 2.24) is 5.32 Å². The molecule has 1 atom stereocenters. The Balaban J connectivity index is 2.40. The van der Waals surface area contributed by atoms with Crippen molar-refractivity contribution >= 4 is 33.7 Å². The Morgan fingerprint density at radius 1 is 1.15 bits per heavy atom. The average Bonchev–Trinajstić information content (AvgIpc) is 2.64. The maximum Gasteiger partial charge on any atom is 0.411 e. The van der Waals surface area contributed by atoms with Crippen LogP contribution in [-0.2, 0) is 14.3 Å². The number of nitrogens with one attached hydrogen (secondary N) is 2. The molecule has 0 fully saturated rings. The zero-order valence-electron chi connectivity index (χ0n) is 14.6. The van der Waals surface area contributed by atoms with Crippen molar-refractivity contribution in [2.24, 2.45) is 0 Å². The molecule has 0 unspecified atom stereocenters. The summed E-state index contributed by atoms with van der Waals surface area (Å²) in [4.78, 5) is 23.5. The number of hydrogen-bond donors (Lipinski definition) is 2. The SMILES string of the molecule is CCOC(=O)Nc1ccc(Br)cc1[C@H](NCC(=O)OC)c1ccccc1. The third kappa shape index (κ3) is 5.57. The van der Waals surface area contributed by atoms with Crippen LogP contribution in [0.15, 0.2) is 53.0 Å². The molecule has 0 aliphatic heterocycles. The number of methoxy groups -OCH3 is 1. The fourth-order valence-corrected chi connectivity index (χ4v) is 2.85. The van der Waals surface area contributed by atoms with E-state index >= 15 is 0 Å². The summed E-state index contributed by atoms with van der Waals surface area (Å²) in [7, 11) is 1.34. The Labute approximate surface area is 161 Å². The van der Waals surface area contributed by atoms with Crippen molar-refractivity contribution in [3.63, 3.8) is 0 Å². The summed E-state index contributed by atoms with van der Waals surface area (Å²) in [6.45, 7) is 2.05. The first-order chi connectivity index (χ1) is 12.5. The van der Waals surface area contributed by atoms with Crippen molar-refractivity contribution < 1.29 is 19.1 Å². The predicted molar refractivity (Wildman–Crippen MR) is 103 cm³/mol. The molecule has 2 aromatic carbocycles. The first-order valence-electron chi connectivity index (χ1n) is 8.13. The van der Waals surface area contributed by atoms with E-state index in [4.69, 9.17) is 9.47 Å². The van der Waals surface area contributed by atoms with Crippen LogP contribution in [0.2, 0.25) is 0 Å². The standard InChI is InChI=1S/C19H21BrN2O4/c1-3-26-19(24)22-16-10-9-14(20)11-15(16)18(21-12-17(23)25-2)13-7-5-4-6-8-13/h4-11,18,21H,3,12H2,1-2H3,(H,22,24)/t18-/m1/s1. The Morgan fingerprint density at radius 2 is 1.88 bits per heavy atom. The van der Waals surface area contributed by atoms with Gasteiger partial charge in [-0.1, -0.05) is 46.3 Å². The number of halogens is 1. The van der Waals surface area contributed by atoms with E-state index in [0.717, 1.165) is 15.6 Å². The van der Waals surface area contributed by atoms with E-state index in [0.29, 0.717) is 5.69 Å². The van der Waals surface area contributed by atoms with Crippen LogP contribution < -0.4 is 10.6 Å². The van der Waals surface area contributed by atoms with E-state index in [1.54, 1.807) is 13.0 Å². The molecule has 7 heteroatoms. The first kappa shape index (κ1) is 19.9. The van der Waals surface area contributed by atoms with Gasteiger partial charge in [0.25, 0.3) is 0 Å². The van der Waals surface area contributed by atoms with Crippen molar-refractivity contribution in [3.05, 3.63) is 64.1 Å². The molecular weight excluding hydrogens is 400 g/mol. The molecule has 0 aliphatic rings. The Morgan fingerprint density at radius 3 is 2.54 bits per heavy atom. The third-order valence-corrected chi connectivity index (χ3v) is 4.14. The maximum atomic E-state index is 11.9. The largest absolute Gasteiger partial charge is 0.468 e. The lowest BCUT2D eigenvalue weighted by molar-refractivity contribution is -0.139. The molecule has 0 bridgehead atoms. The molecule has 0 saturated carbocycles. The summed E-state index contributed by atoms with van der Waals surface area (Å²) in [6.07, 6.45) is -0.532. The Hall–Kier alpha value is -2.38. The second-order valence-corrected chi connectivity index (χ2v) is 6.29. The molecule has 2 aromatic rings. The smallest absolute Gasteiger partial charge is 0.411 e. The second-order valence-electron chi connectivity index (χ2n) is 5.38. The number of esters is 1. The number of amides is 1. The molecule has 0 radical (unpaired) electrons. The van der Waals surface area contributed by atoms with Crippen LogP contribution in [0.1, 0.15) is 24.1 Å². The highest BCUT2D eigenvalue weighted by atomic mass is 79.9. The van der Waals surface area contributed by atoms with Gasteiger partial charge in [0.1, 0.15) is 0 Å². The number of ether oxygens (including phenoxy) is 2. The summed E-state index contributed by atoms with van der Waals surface area (Å²) in [5.41, 5.74) is 2.34. The van der Waals surface area contributed by atoms with Gasteiger partial charge in [-0.2, -0.15) is 0 Å². The first-order valence-corrected chi connectivity index (χ1v) is 8.92. The summed E-state index contributed by atoms with van der Waals surface area (Å²) < 4.78 is 10.5. The summed E-state index contributed by atoms with van der Waals surface area (Å²) >= 11 is 3.46. The lowest BCUT2D eigenvalue weighted by Crippen LogP contribution is -2.30. The van der Waals surface area contributed by atoms with Gasteiger partial charge in [-0.3, -0.25) is 15.4 Å². The minimum Gasteiger partial charge on any atom is -0.468 e. The molecule has 2 N–H and O–H groups in total. The van der Waals surface area contributed by atoms with Gasteiger partial charge in [0.15, 0.2) is 0 Å². The fraction of sp³-hybridized carbons (Fsp3) is 0.263. The van der Waals surface area contributed by atoms with Gasteiger partial charge in [0.2, 0.25) is 0 Å². The van der Waals surface area contributed by atoms with Crippen molar-refractivity contribution in [1.29, 1.82) is 0 Å². The van der Waals surface area contributed by atoms with Gasteiger partial charge in [-0.25, -0.2) is 4.79 Å². The van der Waals surface area contributed by atoms with Gasteiger partial charge < -0.3 is 9.47 Å². The predicted octanol–water partition coefficient (Wildman–Crippen LogP) is 3.87. The highest BCUT2D eigenvalue weighted by Crippen LogP contribution is 2.31. The number of hydrogen-bond acceptors (Lipinski definition) is 5. The van der Waals surface area contributed by atoms with E-state index in [-0.39, 0.29) is 25.2 Å². The van der Waals surface area contributed by atoms with Crippen LogP contribution in [0.5, 0.6) is 0 Å². The molecule has 0 heterocycles. The molecule has 0 aromatic heterocycles. The second kappa shape index (κ2) is 9.94. The van der Waals surface area contributed by atoms with Gasteiger partial charge in [-0.15, -0.1) is 0 Å². The monoisotopic (exact) mass is 420 g/mol. The average molecular weight is 421 g/mol. The van der Waals surface area contributed by atoms with E-state index < -0.39 is 6.09 Å². The van der Waals surface area contributed by atoms with Crippen LogP contribution in [0.4, 0.5) is 10.5 Å². The van der Waals surface area contributed by atoms with Crippen LogP contribution in [0.25, 0.3) is 0 Å². The van der Waals surface area contributed by atoms with Gasteiger partial charge in [0, 0.05) is 10.2 Å². The van der Waals surface area contributed by atoms with Crippen molar-refractivity contribution in [2.75, 3.05) is 25.6 Å². The highest BCUT2D eigenvalue weighted by Gasteiger charge is 2.20. The van der Waals surface area contributed by atoms with Crippen LogP contribution >= 0.6 is 15.9 Å². The van der Waals surface area contributed by atoms with E-state index in [1.165, 1.54) is 7.11 Å². The van der Waals surface area contributed by atoms with Gasteiger partial charge in [-0.05, 0) is 36.2 Å². The van der Waals surface area contributed by atoms with Crippen molar-refractivity contribution in [2.45, 2.75) is 13.0 Å². The van der Waals surface area contributed by atoms with Gasteiger partial charge in [0.05, 0.1) is 26.3 Å².